The smallest absolute Gasteiger partial charge is 0.312 e. The summed E-state index contributed by atoms with van der Waals surface area (Å²) in [5.41, 5.74) is 1.53. The molecule has 1 saturated carbocycles. The number of nitrogens with one attached hydrogen (secondary N) is 1. The quantitative estimate of drug-likeness (QED) is 0.799. The lowest BCUT2D eigenvalue weighted by molar-refractivity contribution is -0.154. The van der Waals surface area contributed by atoms with E-state index in [-0.39, 0.29) is 18.4 Å². The van der Waals surface area contributed by atoms with E-state index in [0.717, 1.165) is 23.4 Å². The molecule has 1 unspecified atom stereocenters. The number of ether oxygens (including phenoxy) is 1. The van der Waals surface area contributed by atoms with Gasteiger partial charge in [-0.3, -0.25) is 9.59 Å². The van der Waals surface area contributed by atoms with Crippen LogP contribution in [0.5, 0.6) is 0 Å². The number of halogens is 1. The van der Waals surface area contributed by atoms with E-state index in [1.807, 2.05) is 23.6 Å². The number of esters is 1. The van der Waals surface area contributed by atoms with Gasteiger partial charge in [0.15, 0.2) is 6.10 Å². The maximum Gasteiger partial charge on any atom is 0.312 e. The van der Waals surface area contributed by atoms with Gasteiger partial charge < -0.3 is 10.1 Å². The van der Waals surface area contributed by atoms with Gasteiger partial charge in [-0.25, -0.2) is 4.98 Å². The monoisotopic (exact) mass is 364 g/mol. The minimum Gasteiger partial charge on any atom is -0.452 e. The molecule has 1 heterocycles. The largest absolute Gasteiger partial charge is 0.452 e. The Morgan fingerprint density at radius 1 is 1.46 bits per heavy atom. The third kappa shape index (κ3) is 4.55. The molecule has 0 spiro atoms. The van der Waals surface area contributed by atoms with Crippen LogP contribution in [0.1, 0.15) is 25.5 Å². The summed E-state index contributed by atoms with van der Waals surface area (Å²) in [6.45, 7) is 1.58. The van der Waals surface area contributed by atoms with Crippen LogP contribution in [-0.2, 0) is 20.7 Å². The number of amides is 1. The van der Waals surface area contributed by atoms with E-state index in [0.29, 0.717) is 10.7 Å². The summed E-state index contributed by atoms with van der Waals surface area (Å²) in [5.74, 6) is -0.708. The SMILES string of the molecule is CC(OC(=O)Cc1csc(-c2cccc(Cl)c2)n1)C(=O)NC1CC1. The zero-order valence-electron chi connectivity index (χ0n) is 13.1. The summed E-state index contributed by atoms with van der Waals surface area (Å²) >= 11 is 7.42. The fraction of sp³-hybridized carbons (Fsp3) is 0.353. The fourth-order valence-electron chi connectivity index (χ4n) is 2.13. The first-order chi connectivity index (χ1) is 11.5. The van der Waals surface area contributed by atoms with Crippen molar-refractivity contribution in [3.05, 3.63) is 40.4 Å². The molecule has 126 valence electrons. The van der Waals surface area contributed by atoms with Crippen LogP contribution >= 0.6 is 22.9 Å². The van der Waals surface area contributed by atoms with E-state index >= 15 is 0 Å². The molecule has 0 radical (unpaired) electrons. The number of carbonyl (C=O) groups excluding carboxylic acids is 2. The summed E-state index contributed by atoms with van der Waals surface area (Å²) < 4.78 is 5.17. The van der Waals surface area contributed by atoms with Crippen molar-refractivity contribution >= 4 is 34.8 Å². The molecular weight excluding hydrogens is 348 g/mol. The maximum atomic E-state index is 12.0. The number of carbonyl (C=O) groups is 2. The number of rotatable bonds is 6. The van der Waals surface area contributed by atoms with Gasteiger partial charge in [0, 0.05) is 22.0 Å². The first kappa shape index (κ1) is 16.9. The molecule has 3 rings (SSSR count). The van der Waals surface area contributed by atoms with E-state index < -0.39 is 12.1 Å². The zero-order chi connectivity index (χ0) is 17.1. The van der Waals surface area contributed by atoms with Gasteiger partial charge in [0.25, 0.3) is 5.91 Å². The van der Waals surface area contributed by atoms with E-state index in [2.05, 4.69) is 10.3 Å². The van der Waals surface area contributed by atoms with Crippen molar-refractivity contribution in [2.24, 2.45) is 0 Å². The van der Waals surface area contributed by atoms with Crippen molar-refractivity contribution < 1.29 is 14.3 Å². The number of hydrogen-bond donors (Lipinski definition) is 1. The van der Waals surface area contributed by atoms with Crippen LogP contribution in [0.25, 0.3) is 10.6 Å². The van der Waals surface area contributed by atoms with Gasteiger partial charge in [-0.1, -0.05) is 23.7 Å². The zero-order valence-corrected chi connectivity index (χ0v) is 14.7. The fourth-order valence-corrected chi connectivity index (χ4v) is 3.14. The van der Waals surface area contributed by atoms with Gasteiger partial charge in [-0.15, -0.1) is 11.3 Å². The van der Waals surface area contributed by atoms with Gasteiger partial charge >= 0.3 is 5.97 Å². The maximum absolute atomic E-state index is 12.0. The molecule has 1 amide bonds. The van der Waals surface area contributed by atoms with Crippen molar-refractivity contribution in [1.82, 2.24) is 10.3 Å². The van der Waals surface area contributed by atoms with Crippen LogP contribution in [0, 0.1) is 0 Å². The summed E-state index contributed by atoms with van der Waals surface area (Å²) in [4.78, 5) is 28.2. The highest BCUT2D eigenvalue weighted by atomic mass is 35.5. The van der Waals surface area contributed by atoms with E-state index in [9.17, 15) is 9.59 Å². The van der Waals surface area contributed by atoms with Gasteiger partial charge in [-0.2, -0.15) is 0 Å². The van der Waals surface area contributed by atoms with Gasteiger partial charge in [0.2, 0.25) is 0 Å². The number of nitrogens with zero attached hydrogens (tertiary/aromatic N) is 1. The molecule has 24 heavy (non-hydrogen) atoms. The van der Waals surface area contributed by atoms with E-state index in [1.54, 1.807) is 13.0 Å². The number of benzene rings is 1. The Hall–Kier alpha value is -1.92. The second kappa shape index (κ2) is 7.32. The Morgan fingerprint density at radius 2 is 2.25 bits per heavy atom. The second-order valence-corrected chi connectivity index (χ2v) is 7.04. The summed E-state index contributed by atoms with van der Waals surface area (Å²) in [5, 5.41) is 6.05. The standard InChI is InChI=1S/C17H17ClN2O3S/c1-10(16(22)19-13-5-6-13)23-15(21)8-14-9-24-17(20-14)11-3-2-4-12(18)7-11/h2-4,7,9-10,13H,5-6,8H2,1H3,(H,19,22). The number of thiazole rings is 1. The van der Waals surface area contributed by atoms with Crippen LogP contribution in [-0.4, -0.2) is 29.0 Å². The van der Waals surface area contributed by atoms with Crippen molar-refractivity contribution in [3.8, 4) is 10.6 Å². The van der Waals surface area contributed by atoms with Crippen molar-refractivity contribution in [2.75, 3.05) is 0 Å². The summed E-state index contributed by atoms with van der Waals surface area (Å²) in [6.07, 6.45) is 1.25. The predicted octanol–water partition coefficient (Wildman–Crippen LogP) is 3.22. The Morgan fingerprint density at radius 3 is 2.96 bits per heavy atom. The topological polar surface area (TPSA) is 68.3 Å². The van der Waals surface area contributed by atoms with Crippen molar-refractivity contribution in [1.29, 1.82) is 0 Å². The Bertz CT molecular complexity index is 758. The molecule has 0 saturated heterocycles. The van der Waals surface area contributed by atoms with Gasteiger partial charge in [0.05, 0.1) is 12.1 Å². The van der Waals surface area contributed by atoms with Crippen LogP contribution in [0.15, 0.2) is 29.6 Å². The molecule has 0 aliphatic heterocycles. The minimum atomic E-state index is -0.788. The third-order valence-electron chi connectivity index (χ3n) is 3.55. The summed E-state index contributed by atoms with van der Waals surface area (Å²) in [6, 6.07) is 7.64. The highest BCUT2D eigenvalue weighted by Crippen LogP contribution is 2.26. The molecular formula is C17H17ClN2O3S. The lowest BCUT2D eigenvalue weighted by Crippen LogP contribution is -2.37. The summed E-state index contributed by atoms with van der Waals surface area (Å²) in [7, 11) is 0. The lowest BCUT2D eigenvalue weighted by Gasteiger charge is -2.12. The first-order valence-electron chi connectivity index (χ1n) is 7.71. The third-order valence-corrected chi connectivity index (χ3v) is 4.73. The van der Waals surface area contributed by atoms with Crippen molar-refractivity contribution in [2.45, 2.75) is 38.3 Å². The van der Waals surface area contributed by atoms with Gasteiger partial charge in [0.1, 0.15) is 5.01 Å². The highest BCUT2D eigenvalue weighted by molar-refractivity contribution is 7.13. The molecule has 1 aliphatic rings. The molecule has 1 fully saturated rings. The number of aromatic nitrogens is 1. The van der Waals surface area contributed by atoms with Crippen LogP contribution in [0.4, 0.5) is 0 Å². The normalized spacial score (nSPS) is 14.9. The first-order valence-corrected chi connectivity index (χ1v) is 8.97. The Balaban J connectivity index is 1.55. The van der Waals surface area contributed by atoms with E-state index in [1.165, 1.54) is 11.3 Å². The molecule has 1 aromatic heterocycles. The molecule has 2 aromatic rings. The van der Waals surface area contributed by atoms with Crippen LogP contribution in [0.2, 0.25) is 5.02 Å². The van der Waals surface area contributed by atoms with Crippen LogP contribution in [0.3, 0.4) is 0 Å². The molecule has 0 bridgehead atoms. The molecule has 1 aromatic carbocycles. The number of hydrogen-bond acceptors (Lipinski definition) is 5. The molecule has 7 heteroatoms. The van der Waals surface area contributed by atoms with Crippen molar-refractivity contribution in [3.63, 3.8) is 0 Å². The molecule has 5 nitrogen and oxygen atoms in total. The minimum absolute atomic E-state index is 0.0398. The van der Waals surface area contributed by atoms with Gasteiger partial charge in [-0.05, 0) is 31.9 Å². The lowest BCUT2D eigenvalue weighted by atomic mass is 10.2. The van der Waals surface area contributed by atoms with E-state index in [4.69, 9.17) is 16.3 Å². The van der Waals surface area contributed by atoms with Crippen LogP contribution < -0.4 is 5.32 Å². The second-order valence-electron chi connectivity index (χ2n) is 5.75. The Kier molecular flexibility index (Phi) is 5.16. The Labute approximate surface area is 149 Å². The molecule has 1 atom stereocenters. The predicted molar refractivity (Wildman–Crippen MR) is 93.0 cm³/mol. The average Bonchev–Trinajstić information content (AvgIpc) is 3.23. The highest BCUT2D eigenvalue weighted by Gasteiger charge is 2.27. The molecule has 1 N–H and O–H groups in total. The molecule has 1 aliphatic carbocycles. The average molecular weight is 365 g/mol.